The number of carbonyl (C=O) groups is 1. The van der Waals surface area contributed by atoms with Gasteiger partial charge >= 0.3 is 5.97 Å². The zero-order valence-corrected chi connectivity index (χ0v) is 10.7. The second-order valence-electron chi connectivity index (χ2n) is 3.05. The van der Waals surface area contributed by atoms with Crippen molar-refractivity contribution in [3.05, 3.63) is 5.01 Å². The number of hydrogen-bond donors (Lipinski definition) is 0. The second kappa shape index (κ2) is 6.07. The minimum Gasteiger partial charge on any atom is -0.466 e. The van der Waals surface area contributed by atoms with Crippen LogP contribution in [0.3, 0.4) is 0 Å². The first-order chi connectivity index (χ1) is 7.13. The number of hydrogen-bond acceptors (Lipinski definition) is 6. The van der Waals surface area contributed by atoms with Crippen LogP contribution in [0.15, 0.2) is 4.34 Å². The Kier molecular flexibility index (Phi) is 5.04. The first-order valence-electron chi connectivity index (χ1n) is 4.73. The first kappa shape index (κ1) is 12.4. The predicted octanol–water partition coefficient (Wildman–Crippen LogP) is 2.14. The van der Waals surface area contributed by atoms with E-state index >= 15 is 0 Å². The number of aromatic nitrogens is 2. The topological polar surface area (TPSA) is 52.1 Å². The van der Waals surface area contributed by atoms with E-state index in [1.807, 2.05) is 20.8 Å². The normalized spacial score (nSPS) is 12.5. The smallest absolute Gasteiger partial charge is 0.309 e. The molecule has 0 saturated carbocycles. The van der Waals surface area contributed by atoms with Gasteiger partial charge in [-0.05, 0) is 13.8 Å². The van der Waals surface area contributed by atoms with E-state index in [0.717, 1.165) is 9.35 Å². The van der Waals surface area contributed by atoms with Crippen LogP contribution in [0.1, 0.15) is 18.9 Å². The van der Waals surface area contributed by atoms with Gasteiger partial charge in [-0.1, -0.05) is 30.0 Å². The summed E-state index contributed by atoms with van der Waals surface area (Å²) >= 11 is 3.09. The van der Waals surface area contributed by atoms with Crippen molar-refractivity contribution in [3.63, 3.8) is 0 Å². The highest BCUT2D eigenvalue weighted by Crippen LogP contribution is 2.24. The summed E-state index contributed by atoms with van der Waals surface area (Å²) < 4.78 is 5.82. The lowest BCUT2D eigenvalue weighted by Gasteiger charge is -2.07. The summed E-state index contributed by atoms with van der Waals surface area (Å²) in [4.78, 5) is 11.3. The maximum Gasteiger partial charge on any atom is 0.309 e. The summed E-state index contributed by atoms with van der Waals surface area (Å²) in [5, 5.41) is 8.83. The zero-order valence-electron chi connectivity index (χ0n) is 9.02. The second-order valence-corrected chi connectivity index (χ2v) is 5.50. The predicted molar refractivity (Wildman–Crippen MR) is 61.2 cm³/mol. The molecule has 0 aliphatic carbocycles. The molecule has 6 heteroatoms. The van der Waals surface area contributed by atoms with Gasteiger partial charge in [0.2, 0.25) is 0 Å². The van der Waals surface area contributed by atoms with Crippen molar-refractivity contribution >= 4 is 29.1 Å². The van der Waals surface area contributed by atoms with Crippen LogP contribution in [0, 0.1) is 12.8 Å². The van der Waals surface area contributed by atoms with E-state index in [2.05, 4.69) is 10.2 Å². The molecule has 0 aromatic carbocycles. The van der Waals surface area contributed by atoms with Crippen molar-refractivity contribution in [2.45, 2.75) is 25.1 Å². The van der Waals surface area contributed by atoms with Gasteiger partial charge in [0.15, 0.2) is 4.34 Å². The summed E-state index contributed by atoms with van der Waals surface area (Å²) in [6.07, 6.45) is 0. The Morgan fingerprint density at radius 1 is 1.60 bits per heavy atom. The first-order valence-corrected chi connectivity index (χ1v) is 6.53. The van der Waals surface area contributed by atoms with Gasteiger partial charge < -0.3 is 4.74 Å². The Labute approximate surface area is 97.4 Å². The quantitative estimate of drug-likeness (QED) is 0.588. The van der Waals surface area contributed by atoms with Crippen molar-refractivity contribution < 1.29 is 9.53 Å². The molecule has 0 aliphatic rings. The van der Waals surface area contributed by atoms with Gasteiger partial charge in [-0.2, -0.15) is 0 Å². The largest absolute Gasteiger partial charge is 0.466 e. The van der Waals surface area contributed by atoms with Gasteiger partial charge in [0.25, 0.3) is 0 Å². The highest BCUT2D eigenvalue weighted by molar-refractivity contribution is 8.01. The molecular weight excluding hydrogens is 232 g/mol. The Balaban J connectivity index is 2.33. The fraction of sp³-hybridized carbons (Fsp3) is 0.667. The lowest BCUT2D eigenvalue weighted by atomic mass is 10.2. The third-order valence-electron chi connectivity index (χ3n) is 1.65. The molecule has 0 radical (unpaired) electrons. The molecule has 0 fully saturated rings. The number of carbonyl (C=O) groups excluding carboxylic acids is 1. The van der Waals surface area contributed by atoms with Crippen molar-refractivity contribution in [2.75, 3.05) is 12.4 Å². The van der Waals surface area contributed by atoms with E-state index in [9.17, 15) is 4.79 Å². The molecule has 1 unspecified atom stereocenters. The van der Waals surface area contributed by atoms with Gasteiger partial charge in [-0.15, -0.1) is 10.2 Å². The van der Waals surface area contributed by atoms with Gasteiger partial charge in [0.05, 0.1) is 12.5 Å². The van der Waals surface area contributed by atoms with E-state index in [1.54, 1.807) is 23.1 Å². The molecule has 1 aromatic heterocycles. The SMILES string of the molecule is CCOC(=O)C(C)CSc1nnc(C)s1. The standard InChI is InChI=1S/C9H14N2O2S2/c1-4-13-8(12)6(2)5-14-9-11-10-7(3)15-9/h6H,4-5H2,1-3H3. The number of aryl methyl sites for hydroxylation is 1. The Morgan fingerprint density at radius 2 is 2.33 bits per heavy atom. The Hall–Kier alpha value is -0.620. The van der Waals surface area contributed by atoms with Crippen LogP contribution >= 0.6 is 23.1 Å². The molecule has 0 spiro atoms. The molecule has 1 heterocycles. The molecule has 4 nitrogen and oxygen atoms in total. The molecule has 0 bridgehead atoms. The molecule has 1 aromatic rings. The molecular formula is C9H14N2O2S2. The molecule has 0 amide bonds. The van der Waals surface area contributed by atoms with Gasteiger partial charge in [0, 0.05) is 5.75 Å². The van der Waals surface area contributed by atoms with Crippen molar-refractivity contribution in [1.29, 1.82) is 0 Å². The van der Waals surface area contributed by atoms with Crippen LogP contribution < -0.4 is 0 Å². The number of esters is 1. The van der Waals surface area contributed by atoms with Gasteiger partial charge in [-0.3, -0.25) is 4.79 Å². The molecule has 84 valence electrons. The number of thioether (sulfide) groups is 1. The fourth-order valence-electron chi connectivity index (χ4n) is 0.886. The lowest BCUT2D eigenvalue weighted by molar-refractivity contribution is -0.146. The van der Waals surface area contributed by atoms with Crippen LogP contribution in [0.25, 0.3) is 0 Å². The maximum absolute atomic E-state index is 11.3. The highest BCUT2D eigenvalue weighted by Gasteiger charge is 2.15. The van der Waals surface area contributed by atoms with Crippen LogP contribution in [0.4, 0.5) is 0 Å². The average molecular weight is 246 g/mol. The van der Waals surface area contributed by atoms with E-state index in [4.69, 9.17) is 4.74 Å². The van der Waals surface area contributed by atoms with Gasteiger partial charge in [-0.25, -0.2) is 0 Å². The van der Waals surface area contributed by atoms with E-state index < -0.39 is 0 Å². The van der Waals surface area contributed by atoms with Crippen LogP contribution in [0.5, 0.6) is 0 Å². The minimum absolute atomic E-state index is 0.0980. The summed E-state index contributed by atoms with van der Waals surface area (Å²) in [6, 6.07) is 0. The number of rotatable bonds is 5. The van der Waals surface area contributed by atoms with Crippen LogP contribution in [-0.4, -0.2) is 28.5 Å². The van der Waals surface area contributed by atoms with Crippen LogP contribution in [-0.2, 0) is 9.53 Å². The third kappa shape index (κ3) is 4.17. The summed E-state index contributed by atoms with van der Waals surface area (Å²) in [5.74, 6) is 0.443. The Bertz CT molecular complexity index is 328. The van der Waals surface area contributed by atoms with Crippen LogP contribution in [0.2, 0.25) is 0 Å². The molecule has 1 rings (SSSR count). The number of nitrogens with zero attached hydrogens (tertiary/aromatic N) is 2. The molecule has 15 heavy (non-hydrogen) atoms. The maximum atomic E-state index is 11.3. The summed E-state index contributed by atoms with van der Waals surface area (Å²) in [5.41, 5.74) is 0. The summed E-state index contributed by atoms with van der Waals surface area (Å²) in [6.45, 7) is 6.02. The zero-order chi connectivity index (χ0) is 11.3. The average Bonchev–Trinajstić information content (AvgIpc) is 2.61. The fourth-order valence-corrected chi connectivity index (χ4v) is 2.73. The molecule has 1 atom stereocenters. The summed E-state index contributed by atoms with van der Waals surface area (Å²) in [7, 11) is 0. The Morgan fingerprint density at radius 3 is 2.87 bits per heavy atom. The number of ether oxygens (including phenoxy) is 1. The monoisotopic (exact) mass is 246 g/mol. The lowest BCUT2D eigenvalue weighted by Crippen LogP contribution is -2.16. The minimum atomic E-state index is -0.147. The molecule has 0 saturated heterocycles. The van der Waals surface area contributed by atoms with Crippen molar-refractivity contribution in [2.24, 2.45) is 5.92 Å². The van der Waals surface area contributed by atoms with Crippen molar-refractivity contribution in [3.8, 4) is 0 Å². The molecule has 0 aliphatic heterocycles. The molecule has 0 N–H and O–H groups in total. The van der Waals surface area contributed by atoms with E-state index in [0.29, 0.717) is 12.4 Å². The van der Waals surface area contributed by atoms with Crippen molar-refractivity contribution in [1.82, 2.24) is 10.2 Å². The third-order valence-corrected chi connectivity index (χ3v) is 3.89. The highest BCUT2D eigenvalue weighted by atomic mass is 32.2. The van der Waals surface area contributed by atoms with E-state index in [-0.39, 0.29) is 11.9 Å². The van der Waals surface area contributed by atoms with E-state index in [1.165, 1.54) is 0 Å². The van der Waals surface area contributed by atoms with Gasteiger partial charge in [0.1, 0.15) is 5.01 Å².